The Labute approximate surface area is 208 Å². The lowest BCUT2D eigenvalue weighted by molar-refractivity contribution is -0.128. The lowest BCUT2D eigenvalue weighted by Gasteiger charge is -2.44. The Morgan fingerprint density at radius 2 is 1.71 bits per heavy atom. The summed E-state index contributed by atoms with van der Waals surface area (Å²) < 4.78 is 6.19. The maximum Gasteiger partial charge on any atom is 0.256 e. The zero-order chi connectivity index (χ0) is 24.3. The van der Waals surface area contributed by atoms with Crippen LogP contribution in [-0.4, -0.2) is 65.5 Å². The topological polar surface area (TPSA) is 79.0 Å². The standard InChI is InChI=1S/C25H27Cl2N3O4/c1-2-12-28-22(31)21-16-34-25(30(21)24(33)17-6-4-3-5-7-17)10-13-29(14-11-25)23(32)18-8-9-19(26)20(27)15-18/h3-9,15,21H,2,10-14,16H2,1H3,(H,28,31)/t21-/m0/s1. The number of halogens is 2. The van der Waals surface area contributed by atoms with Crippen LogP contribution < -0.4 is 5.32 Å². The Morgan fingerprint density at radius 3 is 2.35 bits per heavy atom. The molecule has 2 heterocycles. The highest BCUT2D eigenvalue weighted by Crippen LogP contribution is 2.39. The average molecular weight is 504 g/mol. The van der Waals surface area contributed by atoms with Crippen molar-refractivity contribution in [3.8, 4) is 0 Å². The zero-order valence-electron chi connectivity index (χ0n) is 18.9. The van der Waals surface area contributed by atoms with Crippen LogP contribution in [0.25, 0.3) is 0 Å². The van der Waals surface area contributed by atoms with Crippen molar-refractivity contribution in [1.82, 2.24) is 15.1 Å². The van der Waals surface area contributed by atoms with Gasteiger partial charge in [0.25, 0.3) is 11.8 Å². The molecule has 180 valence electrons. The fourth-order valence-electron chi connectivity index (χ4n) is 4.52. The number of amides is 3. The van der Waals surface area contributed by atoms with Gasteiger partial charge in [0.1, 0.15) is 11.8 Å². The Kier molecular flexibility index (Phi) is 7.45. The zero-order valence-corrected chi connectivity index (χ0v) is 20.4. The van der Waals surface area contributed by atoms with E-state index in [1.165, 1.54) is 0 Å². The highest BCUT2D eigenvalue weighted by atomic mass is 35.5. The van der Waals surface area contributed by atoms with Gasteiger partial charge in [-0.1, -0.05) is 48.3 Å². The van der Waals surface area contributed by atoms with Crippen LogP contribution in [-0.2, 0) is 9.53 Å². The normalized spacial score (nSPS) is 19.3. The number of piperidine rings is 1. The number of nitrogens with one attached hydrogen (secondary N) is 1. The summed E-state index contributed by atoms with van der Waals surface area (Å²) in [5.74, 6) is -0.638. The van der Waals surface area contributed by atoms with Gasteiger partial charge in [0.2, 0.25) is 5.91 Å². The van der Waals surface area contributed by atoms with Crippen LogP contribution in [0.4, 0.5) is 0 Å². The molecule has 0 aromatic heterocycles. The largest absolute Gasteiger partial charge is 0.354 e. The summed E-state index contributed by atoms with van der Waals surface area (Å²) in [6, 6.07) is 13.0. The summed E-state index contributed by atoms with van der Waals surface area (Å²) in [4.78, 5) is 42.8. The molecule has 2 saturated heterocycles. The third-order valence-corrected chi connectivity index (χ3v) is 7.09. The van der Waals surface area contributed by atoms with Gasteiger partial charge >= 0.3 is 0 Å². The molecule has 0 unspecified atom stereocenters. The Morgan fingerprint density at radius 1 is 1.00 bits per heavy atom. The van der Waals surface area contributed by atoms with Crippen molar-refractivity contribution < 1.29 is 19.1 Å². The number of hydrogen-bond acceptors (Lipinski definition) is 4. The summed E-state index contributed by atoms with van der Waals surface area (Å²) >= 11 is 12.1. The number of benzene rings is 2. The van der Waals surface area contributed by atoms with E-state index in [0.717, 1.165) is 6.42 Å². The second-order valence-electron chi connectivity index (χ2n) is 8.53. The van der Waals surface area contributed by atoms with Gasteiger partial charge in [-0.25, -0.2) is 0 Å². The summed E-state index contributed by atoms with van der Waals surface area (Å²) in [6.45, 7) is 3.37. The third kappa shape index (κ3) is 4.78. The first kappa shape index (κ1) is 24.5. The van der Waals surface area contributed by atoms with Gasteiger partial charge in [-0.05, 0) is 36.8 Å². The Bertz CT molecular complexity index is 1070. The molecule has 2 aromatic rings. The third-order valence-electron chi connectivity index (χ3n) is 6.35. The molecule has 2 aliphatic rings. The fraction of sp³-hybridized carbons (Fsp3) is 0.400. The maximum absolute atomic E-state index is 13.6. The van der Waals surface area contributed by atoms with E-state index in [0.29, 0.717) is 53.6 Å². The molecule has 1 atom stereocenters. The lowest BCUT2D eigenvalue weighted by atomic mass is 9.96. The molecule has 2 aliphatic heterocycles. The number of ether oxygens (including phenoxy) is 1. The predicted molar refractivity (Wildman–Crippen MR) is 130 cm³/mol. The van der Waals surface area contributed by atoms with Gasteiger partial charge in [-0.2, -0.15) is 0 Å². The smallest absolute Gasteiger partial charge is 0.256 e. The molecule has 2 aromatic carbocycles. The van der Waals surface area contributed by atoms with Crippen molar-refractivity contribution in [3.05, 3.63) is 69.7 Å². The maximum atomic E-state index is 13.6. The van der Waals surface area contributed by atoms with E-state index < -0.39 is 11.8 Å². The van der Waals surface area contributed by atoms with E-state index in [1.807, 2.05) is 13.0 Å². The van der Waals surface area contributed by atoms with E-state index >= 15 is 0 Å². The van der Waals surface area contributed by atoms with Crippen LogP contribution in [0.5, 0.6) is 0 Å². The molecular weight excluding hydrogens is 477 g/mol. The number of carbonyl (C=O) groups excluding carboxylic acids is 3. The minimum Gasteiger partial charge on any atom is -0.354 e. The van der Waals surface area contributed by atoms with E-state index in [2.05, 4.69) is 5.32 Å². The highest BCUT2D eigenvalue weighted by molar-refractivity contribution is 6.42. The van der Waals surface area contributed by atoms with Crippen LogP contribution in [0.15, 0.2) is 48.5 Å². The van der Waals surface area contributed by atoms with Gasteiger partial charge in [-0.15, -0.1) is 0 Å². The van der Waals surface area contributed by atoms with Crippen molar-refractivity contribution >= 4 is 40.9 Å². The van der Waals surface area contributed by atoms with Crippen molar-refractivity contribution in [3.63, 3.8) is 0 Å². The Balaban J connectivity index is 1.55. The molecule has 34 heavy (non-hydrogen) atoms. The lowest BCUT2D eigenvalue weighted by Crippen LogP contribution is -2.59. The van der Waals surface area contributed by atoms with Gasteiger partial charge in [0.05, 0.1) is 16.7 Å². The first-order valence-corrected chi connectivity index (χ1v) is 12.2. The van der Waals surface area contributed by atoms with Gasteiger partial charge in [0.15, 0.2) is 0 Å². The van der Waals surface area contributed by atoms with E-state index in [-0.39, 0.29) is 24.3 Å². The van der Waals surface area contributed by atoms with E-state index in [9.17, 15) is 14.4 Å². The van der Waals surface area contributed by atoms with Gasteiger partial charge in [-0.3, -0.25) is 19.3 Å². The first-order valence-electron chi connectivity index (χ1n) is 11.4. The van der Waals surface area contributed by atoms with Crippen LogP contribution in [0, 0.1) is 0 Å². The summed E-state index contributed by atoms with van der Waals surface area (Å²) in [7, 11) is 0. The van der Waals surface area contributed by atoms with Crippen molar-refractivity contribution in [2.24, 2.45) is 0 Å². The monoisotopic (exact) mass is 503 g/mol. The van der Waals surface area contributed by atoms with E-state index in [1.54, 1.807) is 52.3 Å². The minimum atomic E-state index is -0.949. The first-order chi connectivity index (χ1) is 16.4. The number of nitrogens with zero attached hydrogens (tertiary/aromatic N) is 2. The molecule has 0 bridgehead atoms. The summed E-state index contributed by atoms with van der Waals surface area (Å²) in [5, 5.41) is 3.60. The van der Waals surface area contributed by atoms with E-state index in [4.69, 9.17) is 27.9 Å². The fourth-order valence-corrected chi connectivity index (χ4v) is 4.82. The second-order valence-corrected chi connectivity index (χ2v) is 9.34. The van der Waals surface area contributed by atoms with Gasteiger partial charge in [0, 0.05) is 43.6 Å². The van der Waals surface area contributed by atoms with Gasteiger partial charge < -0.3 is 15.0 Å². The molecule has 7 nitrogen and oxygen atoms in total. The molecule has 4 rings (SSSR count). The highest BCUT2D eigenvalue weighted by Gasteiger charge is 2.54. The number of likely N-dealkylation sites (tertiary alicyclic amines) is 1. The van der Waals surface area contributed by atoms with Crippen LogP contribution in [0.1, 0.15) is 46.9 Å². The molecular formula is C25H27Cl2N3O4. The molecule has 1 spiro atoms. The molecule has 2 fully saturated rings. The number of hydrogen-bond donors (Lipinski definition) is 1. The van der Waals surface area contributed by atoms with Crippen molar-refractivity contribution in [1.29, 1.82) is 0 Å². The SMILES string of the molecule is CCCNC(=O)[C@@H]1COC2(CCN(C(=O)c3ccc(Cl)c(Cl)c3)CC2)N1C(=O)c1ccccc1. The molecule has 3 amide bonds. The molecule has 0 aliphatic carbocycles. The second kappa shape index (κ2) is 10.3. The van der Waals surface area contributed by atoms with Crippen LogP contribution >= 0.6 is 23.2 Å². The Hall–Kier alpha value is -2.61. The summed E-state index contributed by atoms with van der Waals surface area (Å²) in [5.41, 5.74) is -0.00282. The quantitative estimate of drug-likeness (QED) is 0.668. The molecule has 0 saturated carbocycles. The van der Waals surface area contributed by atoms with Crippen molar-refractivity contribution in [2.75, 3.05) is 26.2 Å². The number of carbonyl (C=O) groups is 3. The minimum absolute atomic E-state index is 0.120. The van der Waals surface area contributed by atoms with Crippen LogP contribution in [0.2, 0.25) is 10.0 Å². The van der Waals surface area contributed by atoms with Crippen LogP contribution in [0.3, 0.4) is 0 Å². The molecule has 1 N–H and O–H groups in total. The summed E-state index contributed by atoms with van der Waals surface area (Å²) in [6.07, 6.45) is 1.59. The average Bonchev–Trinajstić information content (AvgIpc) is 3.22. The molecule has 9 heteroatoms. The molecule has 0 radical (unpaired) electrons. The van der Waals surface area contributed by atoms with Crippen molar-refractivity contribution in [2.45, 2.75) is 38.0 Å². The number of rotatable bonds is 5. The predicted octanol–water partition coefficient (Wildman–Crippen LogP) is 3.99.